The highest BCUT2D eigenvalue weighted by Crippen LogP contribution is 2.21. The number of aliphatic hydroxyl groups is 1. The molecule has 96 valence electrons. The summed E-state index contributed by atoms with van der Waals surface area (Å²) in [7, 11) is 0. The fraction of sp³-hybridized carbons (Fsp3) is 0.571. The number of aliphatic hydroxyl groups excluding tert-OH is 1. The quantitative estimate of drug-likeness (QED) is 0.732. The largest absolute Gasteiger partial charge is 0.393 e. The van der Waals surface area contributed by atoms with Crippen LogP contribution >= 0.6 is 11.8 Å². The monoisotopic (exact) mass is 253 g/mol. The van der Waals surface area contributed by atoms with Gasteiger partial charge in [0.2, 0.25) is 0 Å². The summed E-state index contributed by atoms with van der Waals surface area (Å²) in [6.45, 7) is 7.24. The van der Waals surface area contributed by atoms with E-state index in [0.29, 0.717) is 6.04 Å². The predicted octanol–water partition coefficient (Wildman–Crippen LogP) is 3.22. The molecule has 0 heterocycles. The van der Waals surface area contributed by atoms with Crippen LogP contribution in [0.2, 0.25) is 0 Å². The third kappa shape index (κ3) is 5.57. The molecule has 1 aromatic rings. The molecule has 0 spiro atoms. The standard InChI is InChI=1S/C14H23NOS/c1-4-9-15-12(3)13-5-7-14(8-6-13)17-10-11(2)16/h5-8,11-12,15-16H,4,9-10H2,1-3H3. The molecule has 2 atom stereocenters. The first-order valence-electron chi connectivity index (χ1n) is 6.27. The smallest absolute Gasteiger partial charge is 0.0606 e. The highest BCUT2D eigenvalue weighted by molar-refractivity contribution is 7.99. The first-order valence-corrected chi connectivity index (χ1v) is 7.26. The van der Waals surface area contributed by atoms with Gasteiger partial charge in [0.15, 0.2) is 0 Å². The summed E-state index contributed by atoms with van der Waals surface area (Å²) in [5.41, 5.74) is 1.32. The minimum atomic E-state index is -0.246. The van der Waals surface area contributed by atoms with Crippen LogP contribution in [0.5, 0.6) is 0 Å². The Balaban J connectivity index is 2.49. The maximum Gasteiger partial charge on any atom is 0.0606 e. The zero-order valence-electron chi connectivity index (χ0n) is 10.9. The molecule has 0 amide bonds. The van der Waals surface area contributed by atoms with E-state index >= 15 is 0 Å². The van der Waals surface area contributed by atoms with Crippen molar-refractivity contribution >= 4 is 11.8 Å². The van der Waals surface area contributed by atoms with Crippen molar-refractivity contribution in [1.82, 2.24) is 5.32 Å². The van der Waals surface area contributed by atoms with E-state index in [-0.39, 0.29) is 6.10 Å². The first kappa shape index (κ1) is 14.6. The van der Waals surface area contributed by atoms with Gasteiger partial charge in [0.05, 0.1) is 6.10 Å². The van der Waals surface area contributed by atoms with Gasteiger partial charge in [0, 0.05) is 16.7 Å². The van der Waals surface area contributed by atoms with Gasteiger partial charge in [-0.1, -0.05) is 19.1 Å². The number of hydrogen-bond donors (Lipinski definition) is 2. The Kier molecular flexibility index (Phi) is 6.63. The molecular weight excluding hydrogens is 230 g/mol. The number of hydrogen-bond acceptors (Lipinski definition) is 3. The van der Waals surface area contributed by atoms with E-state index in [9.17, 15) is 5.11 Å². The van der Waals surface area contributed by atoms with Crippen molar-refractivity contribution in [2.75, 3.05) is 12.3 Å². The van der Waals surface area contributed by atoms with Crippen LogP contribution in [0.25, 0.3) is 0 Å². The first-order chi connectivity index (χ1) is 8.13. The lowest BCUT2D eigenvalue weighted by molar-refractivity contribution is 0.220. The minimum absolute atomic E-state index is 0.246. The van der Waals surface area contributed by atoms with Gasteiger partial charge >= 0.3 is 0 Å². The molecule has 1 aromatic carbocycles. The lowest BCUT2D eigenvalue weighted by Crippen LogP contribution is -2.19. The lowest BCUT2D eigenvalue weighted by Gasteiger charge is -2.14. The molecular formula is C14H23NOS. The Morgan fingerprint density at radius 2 is 1.88 bits per heavy atom. The van der Waals surface area contributed by atoms with E-state index in [4.69, 9.17) is 0 Å². The SMILES string of the molecule is CCCNC(C)c1ccc(SCC(C)O)cc1. The Labute approximate surface area is 109 Å². The van der Waals surface area contributed by atoms with E-state index < -0.39 is 0 Å². The maximum atomic E-state index is 9.22. The van der Waals surface area contributed by atoms with Crippen molar-refractivity contribution < 1.29 is 5.11 Å². The van der Waals surface area contributed by atoms with Crippen LogP contribution in [-0.2, 0) is 0 Å². The highest BCUT2D eigenvalue weighted by Gasteiger charge is 2.04. The van der Waals surface area contributed by atoms with Gasteiger partial charge in [-0.15, -0.1) is 11.8 Å². The van der Waals surface area contributed by atoms with Gasteiger partial charge in [0.1, 0.15) is 0 Å². The van der Waals surface area contributed by atoms with E-state index in [1.807, 2.05) is 6.92 Å². The molecule has 0 aliphatic carbocycles. The minimum Gasteiger partial charge on any atom is -0.393 e. The zero-order valence-corrected chi connectivity index (χ0v) is 11.8. The van der Waals surface area contributed by atoms with Crippen LogP contribution in [0.4, 0.5) is 0 Å². The van der Waals surface area contributed by atoms with Crippen LogP contribution < -0.4 is 5.32 Å². The second-order valence-electron chi connectivity index (χ2n) is 4.40. The Hall–Kier alpha value is -0.510. The van der Waals surface area contributed by atoms with Crippen molar-refractivity contribution in [3.05, 3.63) is 29.8 Å². The van der Waals surface area contributed by atoms with Crippen LogP contribution in [0, 0.1) is 0 Å². The number of nitrogens with one attached hydrogen (secondary N) is 1. The average molecular weight is 253 g/mol. The predicted molar refractivity (Wildman–Crippen MR) is 75.6 cm³/mol. The van der Waals surface area contributed by atoms with Crippen molar-refractivity contribution in [3.8, 4) is 0 Å². The number of benzene rings is 1. The molecule has 0 bridgehead atoms. The second kappa shape index (κ2) is 7.75. The van der Waals surface area contributed by atoms with Gasteiger partial charge in [-0.25, -0.2) is 0 Å². The molecule has 0 radical (unpaired) electrons. The van der Waals surface area contributed by atoms with Gasteiger partial charge in [-0.2, -0.15) is 0 Å². The summed E-state index contributed by atoms with van der Waals surface area (Å²) < 4.78 is 0. The van der Waals surface area contributed by atoms with E-state index in [2.05, 4.69) is 43.4 Å². The second-order valence-corrected chi connectivity index (χ2v) is 5.50. The van der Waals surface area contributed by atoms with E-state index in [1.165, 1.54) is 10.5 Å². The van der Waals surface area contributed by atoms with Crippen molar-refractivity contribution in [1.29, 1.82) is 0 Å². The van der Waals surface area contributed by atoms with Gasteiger partial charge < -0.3 is 10.4 Å². The molecule has 1 rings (SSSR count). The Bertz CT molecular complexity index is 311. The van der Waals surface area contributed by atoms with E-state index in [0.717, 1.165) is 18.7 Å². The topological polar surface area (TPSA) is 32.3 Å². The summed E-state index contributed by atoms with van der Waals surface area (Å²) in [5, 5.41) is 12.7. The van der Waals surface area contributed by atoms with Crippen molar-refractivity contribution in [2.24, 2.45) is 0 Å². The molecule has 2 nitrogen and oxygen atoms in total. The van der Waals surface area contributed by atoms with Gasteiger partial charge in [-0.3, -0.25) is 0 Å². The zero-order chi connectivity index (χ0) is 12.7. The van der Waals surface area contributed by atoms with Crippen molar-refractivity contribution in [3.63, 3.8) is 0 Å². The molecule has 0 saturated heterocycles. The molecule has 0 aliphatic heterocycles. The molecule has 3 heteroatoms. The van der Waals surface area contributed by atoms with Crippen LogP contribution in [0.1, 0.15) is 38.8 Å². The summed E-state index contributed by atoms with van der Waals surface area (Å²) in [6.07, 6.45) is 0.914. The summed E-state index contributed by atoms with van der Waals surface area (Å²) in [4.78, 5) is 1.22. The molecule has 0 fully saturated rings. The fourth-order valence-corrected chi connectivity index (χ4v) is 2.31. The molecule has 0 aromatic heterocycles. The molecule has 0 saturated carbocycles. The lowest BCUT2D eigenvalue weighted by atomic mass is 10.1. The molecule has 17 heavy (non-hydrogen) atoms. The molecule has 0 aliphatic rings. The fourth-order valence-electron chi connectivity index (χ4n) is 1.55. The third-order valence-electron chi connectivity index (χ3n) is 2.57. The van der Waals surface area contributed by atoms with E-state index in [1.54, 1.807) is 11.8 Å². The third-order valence-corrected chi connectivity index (χ3v) is 3.83. The van der Waals surface area contributed by atoms with Crippen LogP contribution in [0.15, 0.2) is 29.2 Å². The van der Waals surface area contributed by atoms with Crippen molar-refractivity contribution in [2.45, 2.75) is 44.2 Å². The normalized spacial score (nSPS) is 14.6. The number of thioether (sulfide) groups is 1. The Morgan fingerprint density at radius 1 is 1.24 bits per heavy atom. The van der Waals surface area contributed by atoms with Crippen LogP contribution in [0.3, 0.4) is 0 Å². The Morgan fingerprint density at radius 3 is 2.41 bits per heavy atom. The van der Waals surface area contributed by atoms with Gasteiger partial charge in [-0.05, 0) is 44.5 Å². The van der Waals surface area contributed by atoms with Gasteiger partial charge in [0.25, 0.3) is 0 Å². The van der Waals surface area contributed by atoms with Crippen LogP contribution in [-0.4, -0.2) is 23.5 Å². The summed E-state index contributed by atoms with van der Waals surface area (Å²) >= 11 is 1.70. The molecule has 2 N–H and O–H groups in total. The highest BCUT2D eigenvalue weighted by atomic mass is 32.2. The summed E-state index contributed by atoms with van der Waals surface area (Å²) in [6, 6.07) is 9.00. The number of rotatable bonds is 7. The summed E-state index contributed by atoms with van der Waals surface area (Å²) in [5.74, 6) is 0.753. The molecule has 2 unspecified atom stereocenters. The average Bonchev–Trinajstić information content (AvgIpc) is 2.34. The maximum absolute atomic E-state index is 9.22.